The third-order valence-corrected chi connectivity index (χ3v) is 4.87. The molecule has 136 valence electrons. The molecule has 0 bridgehead atoms. The number of aliphatic hydroxyl groups excluding tert-OH is 1. The number of hydrogen-bond acceptors (Lipinski definition) is 4. The van der Waals surface area contributed by atoms with Crippen molar-refractivity contribution in [1.29, 1.82) is 0 Å². The summed E-state index contributed by atoms with van der Waals surface area (Å²) in [6, 6.07) is 9.02. The third kappa shape index (κ3) is 5.36. The fraction of sp³-hybridized carbons (Fsp3) is 0.526. The number of rotatable bonds is 8. The van der Waals surface area contributed by atoms with Crippen LogP contribution in [0.15, 0.2) is 42.7 Å². The van der Waals surface area contributed by atoms with Gasteiger partial charge in [0.2, 0.25) is 0 Å². The summed E-state index contributed by atoms with van der Waals surface area (Å²) in [4.78, 5) is 4.89. The maximum absolute atomic E-state index is 13.1. The number of aryl methyl sites for hydroxylation is 1. The van der Waals surface area contributed by atoms with Crippen LogP contribution in [-0.2, 0) is 13.1 Å². The summed E-state index contributed by atoms with van der Waals surface area (Å²) in [5, 5.41) is 13.7. The minimum absolute atomic E-state index is 0.197. The summed E-state index contributed by atoms with van der Waals surface area (Å²) in [6.07, 6.45) is 5.66. The lowest BCUT2D eigenvalue weighted by molar-refractivity contribution is 0.0526. The molecule has 1 saturated heterocycles. The Bertz CT molecular complexity index is 617. The lowest BCUT2D eigenvalue weighted by atomic mass is 10.1. The maximum Gasteiger partial charge on any atom is 0.123 e. The number of nitrogens with zero attached hydrogens (tertiary/aromatic N) is 4. The molecule has 0 saturated carbocycles. The minimum Gasteiger partial charge on any atom is -0.396 e. The van der Waals surface area contributed by atoms with Crippen molar-refractivity contribution >= 4 is 0 Å². The van der Waals surface area contributed by atoms with E-state index >= 15 is 0 Å². The molecule has 1 N–H and O–H groups in total. The Balaban J connectivity index is 1.50. The first-order chi connectivity index (χ1) is 12.2. The van der Waals surface area contributed by atoms with Gasteiger partial charge in [-0.2, -0.15) is 5.10 Å². The topological polar surface area (TPSA) is 44.5 Å². The molecule has 0 aliphatic carbocycles. The van der Waals surface area contributed by atoms with E-state index in [1.165, 1.54) is 12.1 Å². The van der Waals surface area contributed by atoms with Crippen LogP contribution in [0.3, 0.4) is 0 Å². The highest BCUT2D eigenvalue weighted by atomic mass is 19.1. The molecule has 0 amide bonds. The van der Waals surface area contributed by atoms with Gasteiger partial charge in [-0.3, -0.25) is 9.58 Å². The highest BCUT2D eigenvalue weighted by molar-refractivity contribution is 5.16. The monoisotopic (exact) mass is 346 g/mol. The van der Waals surface area contributed by atoms with Gasteiger partial charge in [0, 0.05) is 64.3 Å². The molecule has 0 spiro atoms. The van der Waals surface area contributed by atoms with Gasteiger partial charge in [0.1, 0.15) is 5.82 Å². The van der Waals surface area contributed by atoms with E-state index in [0.717, 1.165) is 57.7 Å². The van der Waals surface area contributed by atoms with Crippen molar-refractivity contribution in [2.45, 2.75) is 32.0 Å². The smallest absolute Gasteiger partial charge is 0.123 e. The molecule has 1 aromatic heterocycles. The lowest BCUT2D eigenvalue weighted by Gasteiger charge is -2.41. The summed E-state index contributed by atoms with van der Waals surface area (Å²) in [5.41, 5.74) is 1.12. The van der Waals surface area contributed by atoms with Gasteiger partial charge in [-0.25, -0.2) is 4.39 Å². The Labute approximate surface area is 148 Å². The summed E-state index contributed by atoms with van der Waals surface area (Å²) < 4.78 is 15.0. The predicted molar refractivity (Wildman–Crippen MR) is 95.6 cm³/mol. The summed E-state index contributed by atoms with van der Waals surface area (Å²) in [6.45, 7) is 5.98. The average molecular weight is 346 g/mol. The van der Waals surface area contributed by atoms with Gasteiger partial charge in [0.15, 0.2) is 0 Å². The van der Waals surface area contributed by atoms with Gasteiger partial charge in [0.25, 0.3) is 0 Å². The van der Waals surface area contributed by atoms with Crippen LogP contribution in [0, 0.1) is 5.82 Å². The Morgan fingerprint density at radius 2 is 2.00 bits per heavy atom. The van der Waals surface area contributed by atoms with Crippen molar-refractivity contribution < 1.29 is 9.50 Å². The van der Waals surface area contributed by atoms with Crippen LogP contribution in [0.1, 0.15) is 18.4 Å². The average Bonchev–Trinajstić information content (AvgIpc) is 3.13. The summed E-state index contributed by atoms with van der Waals surface area (Å²) in [5.74, 6) is -0.197. The zero-order chi connectivity index (χ0) is 17.5. The highest BCUT2D eigenvalue weighted by Gasteiger charge is 2.26. The van der Waals surface area contributed by atoms with Crippen LogP contribution in [0.5, 0.6) is 0 Å². The molecule has 6 heteroatoms. The molecule has 25 heavy (non-hydrogen) atoms. The Morgan fingerprint density at radius 1 is 1.16 bits per heavy atom. The molecular weight excluding hydrogens is 319 g/mol. The molecule has 3 rings (SSSR count). The molecule has 1 aromatic carbocycles. The molecule has 0 unspecified atom stereocenters. The van der Waals surface area contributed by atoms with Gasteiger partial charge in [-0.05, 0) is 36.6 Å². The zero-order valence-electron chi connectivity index (χ0n) is 14.6. The van der Waals surface area contributed by atoms with Crippen molar-refractivity contribution in [1.82, 2.24) is 19.6 Å². The molecular formula is C19H27FN4O. The van der Waals surface area contributed by atoms with Gasteiger partial charge in [-0.1, -0.05) is 12.1 Å². The minimum atomic E-state index is -0.197. The van der Waals surface area contributed by atoms with Crippen LogP contribution < -0.4 is 0 Å². The quantitative estimate of drug-likeness (QED) is 0.794. The van der Waals surface area contributed by atoms with Gasteiger partial charge >= 0.3 is 0 Å². The first kappa shape index (κ1) is 18.0. The van der Waals surface area contributed by atoms with Crippen molar-refractivity contribution in [3.63, 3.8) is 0 Å². The SMILES string of the molecule is OCC[C@H]1CN(CCCn2cccn2)CCN1Cc1ccc(F)cc1. The Morgan fingerprint density at radius 3 is 2.72 bits per heavy atom. The van der Waals surface area contributed by atoms with E-state index in [9.17, 15) is 9.50 Å². The number of aliphatic hydroxyl groups is 1. The van der Waals surface area contributed by atoms with Crippen LogP contribution >= 0.6 is 0 Å². The lowest BCUT2D eigenvalue weighted by Crippen LogP contribution is -2.53. The van der Waals surface area contributed by atoms with Gasteiger partial charge < -0.3 is 10.0 Å². The van der Waals surface area contributed by atoms with E-state index in [-0.39, 0.29) is 12.4 Å². The fourth-order valence-electron chi connectivity index (χ4n) is 3.50. The highest BCUT2D eigenvalue weighted by Crippen LogP contribution is 2.17. The summed E-state index contributed by atoms with van der Waals surface area (Å²) in [7, 11) is 0. The number of benzene rings is 1. The van der Waals surface area contributed by atoms with Gasteiger partial charge in [-0.15, -0.1) is 0 Å². The largest absolute Gasteiger partial charge is 0.396 e. The molecule has 0 radical (unpaired) electrons. The number of aromatic nitrogens is 2. The fourth-order valence-corrected chi connectivity index (χ4v) is 3.50. The molecule has 1 aliphatic heterocycles. The van der Waals surface area contributed by atoms with Crippen LogP contribution in [-0.4, -0.2) is 63.5 Å². The van der Waals surface area contributed by atoms with Crippen LogP contribution in [0.25, 0.3) is 0 Å². The second-order valence-corrected chi connectivity index (χ2v) is 6.69. The molecule has 2 heterocycles. The second kappa shape index (κ2) is 9.08. The molecule has 1 aliphatic rings. The number of halogens is 1. The van der Waals surface area contributed by atoms with E-state index in [0.29, 0.717) is 6.04 Å². The van der Waals surface area contributed by atoms with Crippen molar-refractivity contribution in [3.05, 3.63) is 54.1 Å². The summed E-state index contributed by atoms with van der Waals surface area (Å²) >= 11 is 0. The van der Waals surface area contributed by atoms with Crippen LogP contribution in [0.4, 0.5) is 4.39 Å². The Hall–Kier alpha value is -1.76. The Kier molecular flexibility index (Phi) is 6.55. The van der Waals surface area contributed by atoms with Crippen molar-refractivity contribution in [3.8, 4) is 0 Å². The first-order valence-corrected chi connectivity index (χ1v) is 9.04. The van der Waals surface area contributed by atoms with Crippen LogP contribution in [0.2, 0.25) is 0 Å². The first-order valence-electron chi connectivity index (χ1n) is 9.04. The maximum atomic E-state index is 13.1. The van der Waals surface area contributed by atoms with E-state index in [1.54, 1.807) is 0 Å². The van der Waals surface area contributed by atoms with Gasteiger partial charge in [0.05, 0.1) is 0 Å². The third-order valence-electron chi connectivity index (χ3n) is 4.87. The van der Waals surface area contributed by atoms with Crippen molar-refractivity contribution in [2.75, 3.05) is 32.8 Å². The zero-order valence-corrected chi connectivity index (χ0v) is 14.6. The molecule has 5 nitrogen and oxygen atoms in total. The molecule has 2 aromatic rings. The van der Waals surface area contributed by atoms with E-state index in [2.05, 4.69) is 14.9 Å². The second-order valence-electron chi connectivity index (χ2n) is 6.69. The van der Waals surface area contributed by atoms with E-state index in [1.807, 2.05) is 35.3 Å². The normalized spacial score (nSPS) is 19.4. The number of hydrogen-bond donors (Lipinski definition) is 1. The molecule has 1 atom stereocenters. The van der Waals surface area contributed by atoms with E-state index in [4.69, 9.17) is 0 Å². The standard InChI is InChI=1S/C19H27FN4O/c20-18-5-3-17(4-6-18)15-23-13-12-22(16-19(23)7-14-25)9-2-11-24-10-1-8-21-24/h1,3-6,8,10,19,25H,2,7,9,11-16H2/t19-/m0/s1. The van der Waals surface area contributed by atoms with E-state index < -0.39 is 0 Å². The van der Waals surface area contributed by atoms with Crippen molar-refractivity contribution in [2.24, 2.45) is 0 Å². The molecule has 1 fully saturated rings. The number of piperazine rings is 1. The predicted octanol–water partition coefficient (Wildman–Crippen LogP) is 1.98.